The molecule has 4 aromatic rings. The molecule has 3 atom stereocenters. The molecule has 1 unspecified atom stereocenters. The van der Waals surface area contributed by atoms with Crippen LogP contribution in [-0.2, 0) is 9.53 Å². The van der Waals surface area contributed by atoms with Crippen LogP contribution in [0.5, 0.6) is 5.75 Å². The molecule has 45 heavy (non-hydrogen) atoms. The van der Waals surface area contributed by atoms with E-state index in [2.05, 4.69) is 16.9 Å². The van der Waals surface area contributed by atoms with Crippen molar-refractivity contribution in [3.05, 3.63) is 130 Å². The number of rotatable bonds is 7. The lowest BCUT2D eigenvalue weighted by Crippen LogP contribution is -2.43. The fraction of sp³-hybridized carbons (Fsp3) is 0.222. The van der Waals surface area contributed by atoms with Crippen molar-refractivity contribution in [2.24, 2.45) is 0 Å². The fourth-order valence-corrected chi connectivity index (χ4v) is 5.95. The van der Waals surface area contributed by atoms with E-state index in [4.69, 9.17) is 26.6 Å². The van der Waals surface area contributed by atoms with Gasteiger partial charge in [0.25, 0.3) is 0 Å². The largest absolute Gasteiger partial charge is 0.508 e. The number of hydrogen-bond donors (Lipinski definition) is 2. The molecule has 6 rings (SSSR count). The first-order valence-electron chi connectivity index (χ1n) is 14.7. The highest BCUT2D eigenvalue weighted by atomic mass is 35.5. The van der Waals surface area contributed by atoms with Crippen LogP contribution >= 0.6 is 11.6 Å². The predicted molar refractivity (Wildman–Crippen MR) is 172 cm³/mol. The number of phenolic OH excluding ortho intramolecular Hbond substituents is 1. The molecule has 2 fully saturated rings. The monoisotopic (exact) mass is 624 g/mol. The number of esters is 1. The number of hydrogen-bond acceptors (Lipinski definition) is 7. The van der Waals surface area contributed by atoms with Crippen molar-refractivity contribution in [1.82, 2.24) is 9.88 Å². The Morgan fingerprint density at radius 1 is 0.844 bits per heavy atom. The van der Waals surface area contributed by atoms with E-state index in [1.807, 2.05) is 30.3 Å². The summed E-state index contributed by atoms with van der Waals surface area (Å²) >= 11 is 6.02. The molecule has 0 spiro atoms. The first-order chi connectivity index (χ1) is 21.7. The van der Waals surface area contributed by atoms with Gasteiger partial charge in [0.05, 0.1) is 11.1 Å². The zero-order chi connectivity index (χ0) is 31.9. The van der Waals surface area contributed by atoms with Gasteiger partial charge in [0, 0.05) is 53.5 Å². The normalized spacial score (nSPS) is 19.2. The zero-order valence-electron chi connectivity index (χ0n) is 24.7. The minimum atomic E-state index is -1.14. The molecule has 0 aliphatic carbocycles. The van der Waals surface area contributed by atoms with E-state index < -0.39 is 5.97 Å². The number of carbonyl (C=O) groups is 3. The van der Waals surface area contributed by atoms with Crippen molar-refractivity contribution in [3.8, 4) is 5.75 Å². The van der Waals surface area contributed by atoms with E-state index >= 15 is 0 Å². The van der Waals surface area contributed by atoms with Crippen LogP contribution in [0, 0.1) is 0 Å². The Balaban J connectivity index is 0.000000194. The second kappa shape index (κ2) is 14.3. The Bertz CT molecular complexity index is 1680. The molecular formula is C36H33ClN2O6. The van der Waals surface area contributed by atoms with Crippen LogP contribution in [0.15, 0.2) is 97.3 Å². The van der Waals surface area contributed by atoms with E-state index in [-0.39, 0.29) is 34.7 Å². The molecule has 0 radical (unpaired) electrons. The Labute approximate surface area is 266 Å². The number of pyridine rings is 1. The number of aromatic hydroxyl groups is 1. The van der Waals surface area contributed by atoms with Gasteiger partial charge in [0.15, 0.2) is 5.78 Å². The SMILES string of the molecule is CN1[C@@H]2CC[C@H]1CC(OC(=O)/C(=C\c1ccncc1)c1ccc(Cl)cc1)C2.O=C(O)c1ccccc1C(=O)c1ccc(O)cc1. The fourth-order valence-electron chi connectivity index (χ4n) is 5.82. The number of aromatic carboxylic acids is 1. The molecule has 2 aliphatic rings. The molecule has 8 nitrogen and oxygen atoms in total. The second-order valence-electron chi connectivity index (χ2n) is 11.1. The number of halogens is 1. The Hall–Kier alpha value is -4.79. The Morgan fingerprint density at radius 2 is 1.42 bits per heavy atom. The van der Waals surface area contributed by atoms with Crippen molar-refractivity contribution >= 4 is 41.0 Å². The predicted octanol–water partition coefficient (Wildman–Crippen LogP) is 6.77. The maximum atomic E-state index is 13.1. The average Bonchev–Trinajstić information content (AvgIpc) is 3.24. The molecule has 230 valence electrons. The lowest BCUT2D eigenvalue weighted by Gasteiger charge is -2.35. The van der Waals surface area contributed by atoms with E-state index in [1.54, 1.807) is 36.7 Å². The first-order valence-corrected chi connectivity index (χ1v) is 15.0. The summed E-state index contributed by atoms with van der Waals surface area (Å²) in [5.41, 5.74) is 2.70. The summed E-state index contributed by atoms with van der Waals surface area (Å²) in [7, 11) is 2.18. The molecule has 1 aromatic heterocycles. The highest BCUT2D eigenvalue weighted by molar-refractivity contribution is 6.30. The number of phenols is 1. The van der Waals surface area contributed by atoms with Gasteiger partial charge < -0.3 is 19.8 Å². The first kappa shape index (κ1) is 31.6. The number of carboxylic acids is 1. The standard InChI is InChI=1S/C22H23ClN2O2.C14H10O4/c1-25-18-6-7-19(25)14-20(13-18)27-22(26)21(12-15-8-10-24-11-9-15)16-2-4-17(23)5-3-16;15-10-7-5-9(6-8-10)13(16)11-3-1-2-4-12(11)14(17)18/h2-5,8-12,18-20H,6-7,13-14H2,1H3;1-8,15H,(H,17,18)/b21-12-;/t18-,19+,20?;. The van der Waals surface area contributed by atoms with Gasteiger partial charge in [-0.3, -0.25) is 9.78 Å². The number of ketones is 1. The topological polar surface area (TPSA) is 117 Å². The van der Waals surface area contributed by atoms with Crippen molar-refractivity contribution in [3.63, 3.8) is 0 Å². The number of piperidine rings is 1. The zero-order valence-corrected chi connectivity index (χ0v) is 25.4. The van der Waals surface area contributed by atoms with Gasteiger partial charge in [0.1, 0.15) is 11.9 Å². The number of aromatic nitrogens is 1. The summed E-state index contributed by atoms with van der Waals surface area (Å²) in [5.74, 6) is -1.74. The summed E-state index contributed by atoms with van der Waals surface area (Å²) in [6.07, 6.45) is 9.51. The Morgan fingerprint density at radius 3 is 2.02 bits per heavy atom. The van der Waals surface area contributed by atoms with Crippen LogP contribution in [-0.4, -0.2) is 63.1 Å². The number of fused-ring (bicyclic) bond motifs is 2. The highest BCUT2D eigenvalue weighted by Gasteiger charge is 2.40. The van der Waals surface area contributed by atoms with Gasteiger partial charge in [-0.1, -0.05) is 41.9 Å². The van der Waals surface area contributed by atoms with Crippen LogP contribution < -0.4 is 0 Å². The molecule has 9 heteroatoms. The molecule has 2 saturated heterocycles. The van der Waals surface area contributed by atoms with Gasteiger partial charge in [-0.15, -0.1) is 0 Å². The van der Waals surface area contributed by atoms with Crippen LogP contribution in [0.3, 0.4) is 0 Å². The average molecular weight is 625 g/mol. The third kappa shape index (κ3) is 7.84. The van der Waals surface area contributed by atoms with Gasteiger partial charge in [0.2, 0.25) is 0 Å². The lowest BCUT2D eigenvalue weighted by molar-refractivity contribution is -0.145. The Kier molecular flexibility index (Phi) is 10.1. The van der Waals surface area contributed by atoms with Crippen molar-refractivity contribution < 1.29 is 29.3 Å². The summed E-state index contributed by atoms with van der Waals surface area (Å²) in [4.78, 5) is 42.7. The maximum Gasteiger partial charge on any atom is 0.339 e. The number of ether oxygens (including phenoxy) is 1. The number of benzene rings is 3. The van der Waals surface area contributed by atoms with Gasteiger partial charge in [-0.2, -0.15) is 0 Å². The minimum Gasteiger partial charge on any atom is -0.508 e. The van der Waals surface area contributed by atoms with E-state index in [0.29, 0.717) is 28.2 Å². The molecule has 3 aromatic carbocycles. The van der Waals surface area contributed by atoms with Crippen LogP contribution in [0.4, 0.5) is 0 Å². The molecule has 0 saturated carbocycles. The van der Waals surface area contributed by atoms with Crippen LogP contribution in [0.25, 0.3) is 11.6 Å². The smallest absolute Gasteiger partial charge is 0.339 e. The minimum absolute atomic E-state index is 0.0145. The van der Waals surface area contributed by atoms with Crippen molar-refractivity contribution in [2.75, 3.05) is 7.05 Å². The molecule has 3 heterocycles. The number of nitrogens with zero attached hydrogens (tertiary/aromatic N) is 2. The molecule has 2 bridgehead atoms. The quantitative estimate of drug-likeness (QED) is 0.132. The molecule has 0 amide bonds. The summed E-state index contributed by atoms with van der Waals surface area (Å²) in [6, 6.07) is 23.8. The highest BCUT2D eigenvalue weighted by Crippen LogP contribution is 2.36. The summed E-state index contributed by atoms with van der Waals surface area (Å²) in [5, 5.41) is 18.8. The number of carbonyl (C=O) groups excluding carboxylic acids is 2. The van der Waals surface area contributed by atoms with Gasteiger partial charge in [-0.25, -0.2) is 9.59 Å². The van der Waals surface area contributed by atoms with Gasteiger partial charge >= 0.3 is 11.9 Å². The summed E-state index contributed by atoms with van der Waals surface area (Å²) < 4.78 is 5.96. The van der Waals surface area contributed by atoms with Crippen LogP contribution in [0.1, 0.15) is 63.1 Å². The van der Waals surface area contributed by atoms with E-state index in [0.717, 1.165) is 24.0 Å². The van der Waals surface area contributed by atoms with Gasteiger partial charge in [-0.05, 0) is 91.7 Å². The van der Waals surface area contributed by atoms with Crippen molar-refractivity contribution in [1.29, 1.82) is 0 Å². The van der Waals surface area contributed by atoms with E-state index in [9.17, 15) is 14.4 Å². The van der Waals surface area contributed by atoms with Crippen LogP contribution in [0.2, 0.25) is 5.02 Å². The third-order valence-corrected chi connectivity index (χ3v) is 8.50. The molecule has 2 aliphatic heterocycles. The van der Waals surface area contributed by atoms with Crippen molar-refractivity contribution in [2.45, 2.75) is 43.9 Å². The summed E-state index contributed by atoms with van der Waals surface area (Å²) in [6.45, 7) is 0. The second-order valence-corrected chi connectivity index (χ2v) is 11.6. The molecule has 2 N–H and O–H groups in total. The third-order valence-electron chi connectivity index (χ3n) is 8.25. The molecular weight excluding hydrogens is 592 g/mol. The number of carboxylic acid groups (broad SMARTS) is 1. The maximum absolute atomic E-state index is 13.1. The van der Waals surface area contributed by atoms with E-state index in [1.165, 1.54) is 49.2 Å². The lowest BCUT2D eigenvalue weighted by atomic mass is 9.98.